The highest BCUT2D eigenvalue weighted by Crippen LogP contribution is 2.32. The molecule has 0 saturated carbocycles. The van der Waals surface area contributed by atoms with Crippen LogP contribution in [0.2, 0.25) is 0 Å². The van der Waals surface area contributed by atoms with Gasteiger partial charge in [-0.2, -0.15) is 8.42 Å². The van der Waals surface area contributed by atoms with Gasteiger partial charge < -0.3 is 20.6 Å². The van der Waals surface area contributed by atoms with Gasteiger partial charge in [-0.15, -0.1) is 0 Å². The van der Waals surface area contributed by atoms with E-state index in [4.69, 9.17) is 11.5 Å². The number of anilines is 1. The van der Waals surface area contributed by atoms with Crippen molar-refractivity contribution in [1.82, 2.24) is 24.1 Å². The predicted molar refractivity (Wildman–Crippen MR) is 123 cm³/mol. The van der Waals surface area contributed by atoms with Crippen LogP contribution < -0.4 is 11.5 Å². The van der Waals surface area contributed by atoms with Crippen molar-refractivity contribution in [3.8, 4) is 11.4 Å². The minimum Gasteiger partial charge on any atom is -0.383 e. The molecule has 4 aromatic rings. The van der Waals surface area contributed by atoms with Crippen molar-refractivity contribution >= 4 is 38.7 Å². The van der Waals surface area contributed by atoms with Crippen LogP contribution in [-0.4, -0.2) is 48.7 Å². The fourth-order valence-corrected chi connectivity index (χ4v) is 4.21. The number of aryl methyl sites for hydroxylation is 1. The van der Waals surface area contributed by atoms with Gasteiger partial charge in [0.25, 0.3) is 0 Å². The molecule has 13 heteroatoms. The van der Waals surface area contributed by atoms with E-state index in [0.29, 0.717) is 11.0 Å². The average Bonchev–Trinajstić information content (AvgIpc) is 3.34. The molecule has 0 radical (unpaired) electrons. The van der Waals surface area contributed by atoms with Gasteiger partial charge in [0.2, 0.25) is 10.9 Å². The number of nitrogens with zero attached hydrogens (tertiary/aromatic N) is 5. The topological polar surface area (TPSA) is 189 Å². The Balaban J connectivity index is 2.01. The molecule has 1 amide bonds. The van der Waals surface area contributed by atoms with E-state index in [0.717, 1.165) is 6.20 Å². The zero-order valence-electron chi connectivity index (χ0n) is 18.4. The first-order chi connectivity index (χ1) is 15.9. The Kier molecular flexibility index (Phi) is 5.45. The number of nitrogens with two attached hydrogens (primary N) is 2. The van der Waals surface area contributed by atoms with E-state index < -0.39 is 26.8 Å². The van der Waals surface area contributed by atoms with Crippen LogP contribution in [0.15, 0.2) is 41.9 Å². The Morgan fingerprint density at radius 2 is 1.82 bits per heavy atom. The standard InChI is InChI=1S/C21H21N7O5S/c1-10(2)28-7-14(16-18(22)24-9-25-21(16)28)17(29)13-6-11(19(23)30)4-5-12(13)20-26-15(8-27(20)3)34(31,32)33/h4-10H,1-3H3,(H2,23,30)(H2,22,24,25)(H,31,32,33). The van der Waals surface area contributed by atoms with E-state index in [1.165, 1.54) is 36.1 Å². The minimum atomic E-state index is -4.59. The van der Waals surface area contributed by atoms with Gasteiger partial charge in [0, 0.05) is 42.2 Å². The van der Waals surface area contributed by atoms with Gasteiger partial charge in [-0.3, -0.25) is 14.1 Å². The molecule has 1 aromatic carbocycles. The first-order valence-electron chi connectivity index (χ1n) is 10.0. The lowest BCUT2D eigenvalue weighted by Gasteiger charge is -2.10. The van der Waals surface area contributed by atoms with Crippen molar-refractivity contribution in [2.24, 2.45) is 12.8 Å². The van der Waals surface area contributed by atoms with Gasteiger partial charge >= 0.3 is 10.1 Å². The molecular formula is C21H21N7O5S. The molecule has 0 bridgehead atoms. The first-order valence-corrected chi connectivity index (χ1v) is 11.4. The quantitative estimate of drug-likeness (QED) is 0.270. The van der Waals surface area contributed by atoms with Crippen molar-refractivity contribution in [1.29, 1.82) is 0 Å². The fraction of sp³-hybridized carbons (Fsp3) is 0.190. The van der Waals surface area contributed by atoms with Crippen molar-refractivity contribution in [3.63, 3.8) is 0 Å². The summed E-state index contributed by atoms with van der Waals surface area (Å²) in [6, 6.07) is 4.08. The number of amides is 1. The minimum absolute atomic E-state index is 0.0259. The maximum atomic E-state index is 13.9. The summed E-state index contributed by atoms with van der Waals surface area (Å²) in [6.45, 7) is 3.83. The zero-order valence-corrected chi connectivity index (χ0v) is 19.2. The van der Waals surface area contributed by atoms with Crippen LogP contribution in [0.4, 0.5) is 5.82 Å². The molecule has 3 heterocycles. The molecule has 5 N–H and O–H groups in total. The molecule has 0 aliphatic rings. The average molecular weight is 484 g/mol. The van der Waals surface area contributed by atoms with Gasteiger partial charge in [-0.1, -0.05) is 0 Å². The summed E-state index contributed by atoms with van der Waals surface area (Å²) in [4.78, 5) is 38.0. The molecule has 0 aliphatic carbocycles. The van der Waals surface area contributed by atoms with Gasteiger partial charge in [-0.25, -0.2) is 15.0 Å². The Morgan fingerprint density at radius 1 is 1.12 bits per heavy atom. The van der Waals surface area contributed by atoms with E-state index in [-0.39, 0.29) is 39.9 Å². The molecule has 3 aromatic heterocycles. The van der Waals surface area contributed by atoms with Crippen LogP contribution in [0.3, 0.4) is 0 Å². The van der Waals surface area contributed by atoms with Gasteiger partial charge in [-0.05, 0) is 32.0 Å². The molecule has 0 spiro atoms. The predicted octanol–water partition coefficient (Wildman–Crippen LogP) is 1.57. The van der Waals surface area contributed by atoms with E-state index in [1.54, 1.807) is 10.8 Å². The molecule has 12 nitrogen and oxygen atoms in total. The highest BCUT2D eigenvalue weighted by molar-refractivity contribution is 7.85. The van der Waals surface area contributed by atoms with Crippen LogP contribution in [-0.2, 0) is 17.2 Å². The van der Waals surface area contributed by atoms with Gasteiger partial charge in [0.1, 0.15) is 23.6 Å². The normalized spacial score (nSPS) is 11.9. The third-order valence-corrected chi connectivity index (χ3v) is 6.07. The highest BCUT2D eigenvalue weighted by Gasteiger charge is 2.26. The number of benzene rings is 1. The third-order valence-electron chi connectivity index (χ3n) is 5.35. The number of imidazole rings is 1. The third kappa shape index (κ3) is 3.80. The van der Waals surface area contributed by atoms with E-state index in [2.05, 4.69) is 15.0 Å². The SMILES string of the molecule is CC(C)n1cc(C(=O)c2cc(C(N)=O)ccc2-c2nc(S(=O)(=O)O)cn2C)c2c(N)ncnc21. The van der Waals surface area contributed by atoms with Crippen LogP contribution in [0.5, 0.6) is 0 Å². The summed E-state index contributed by atoms with van der Waals surface area (Å²) in [5.74, 6) is -1.11. The van der Waals surface area contributed by atoms with Crippen LogP contribution in [0.1, 0.15) is 46.2 Å². The van der Waals surface area contributed by atoms with Crippen molar-refractivity contribution in [2.75, 3.05) is 5.73 Å². The van der Waals surface area contributed by atoms with Gasteiger partial charge in [0.15, 0.2) is 5.78 Å². The molecule has 0 saturated heterocycles. The van der Waals surface area contributed by atoms with E-state index in [9.17, 15) is 22.6 Å². The molecule has 0 atom stereocenters. The number of rotatable bonds is 6. The molecule has 34 heavy (non-hydrogen) atoms. The van der Waals surface area contributed by atoms with Crippen LogP contribution in [0, 0.1) is 0 Å². The summed E-state index contributed by atoms with van der Waals surface area (Å²) in [6.07, 6.45) is 4.01. The summed E-state index contributed by atoms with van der Waals surface area (Å²) >= 11 is 0. The number of aromatic nitrogens is 5. The second kappa shape index (κ2) is 8.04. The molecular weight excluding hydrogens is 462 g/mol. The number of carbonyl (C=O) groups excluding carboxylic acids is 2. The zero-order chi connectivity index (χ0) is 24.9. The number of hydrogen-bond acceptors (Lipinski definition) is 8. The number of fused-ring (bicyclic) bond motifs is 1. The molecule has 176 valence electrons. The number of primary amides is 1. The maximum absolute atomic E-state index is 13.9. The largest absolute Gasteiger partial charge is 0.383 e. The molecule has 0 fully saturated rings. The molecule has 4 rings (SSSR count). The fourth-order valence-electron chi connectivity index (χ4n) is 3.71. The second-order valence-electron chi connectivity index (χ2n) is 7.94. The van der Waals surface area contributed by atoms with Gasteiger partial charge in [0.05, 0.1) is 10.9 Å². The maximum Gasteiger partial charge on any atom is 0.313 e. The van der Waals surface area contributed by atoms with Crippen molar-refractivity contribution in [2.45, 2.75) is 24.9 Å². The monoisotopic (exact) mass is 483 g/mol. The van der Waals surface area contributed by atoms with Crippen LogP contribution >= 0.6 is 0 Å². The van der Waals surface area contributed by atoms with Crippen molar-refractivity contribution in [3.05, 3.63) is 53.6 Å². The summed E-state index contributed by atoms with van der Waals surface area (Å²) in [5, 5.41) is -0.244. The molecule has 0 aliphatic heterocycles. The number of ketones is 1. The number of carbonyl (C=O) groups is 2. The van der Waals surface area contributed by atoms with E-state index >= 15 is 0 Å². The second-order valence-corrected chi connectivity index (χ2v) is 9.31. The smallest absolute Gasteiger partial charge is 0.313 e. The lowest BCUT2D eigenvalue weighted by atomic mass is 9.95. The Labute approximate surface area is 194 Å². The highest BCUT2D eigenvalue weighted by atomic mass is 32.2. The van der Waals surface area contributed by atoms with Crippen molar-refractivity contribution < 1.29 is 22.6 Å². The first kappa shape index (κ1) is 23.1. The number of hydrogen-bond donors (Lipinski definition) is 3. The lowest BCUT2D eigenvalue weighted by Crippen LogP contribution is -2.13. The Bertz CT molecular complexity index is 1580. The summed E-state index contributed by atoms with van der Waals surface area (Å²) in [5.41, 5.74) is 12.5. The Hall–Kier alpha value is -4.10. The van der Waals surface area contributed by atoms with E-state index in [1.807, 2.05) is 13.8 Å². The van der Waals surface area contributed by atoms with Crippen LogP contribution in [0.25, 0.3) is 22.4 Å². The lowest BCUT2D eigenvalue weighted by molar-refractivity contribution is 0.1000. The summed E-state index contributed by atoms with van der Waals surface area (Å²) in [7, 11) is -3.08. The molecule has 0 unspecified atom stereocenters. The summed E-state index contributed by atoms with van der Waals surface area (Å²) < 4.78 is 35.7. The number of nitrogen functional groups attached to an aromatic ring is 1. The Morgan fingerprint density at radius 3 is 2.41 bits per heavy atom.